The molecule has 0 aromatic rings. The van der Waals surface area contributed by atoms with Crippen LogP contribution < -0.4 is 0 Å². The zero-order chi connectivity index (χ0) is 7.44. The topological polar surface area (TPSA) is 58.0 Å². The second kappa shape index (κ2) is 3.40. The number of rotatable bonds is 2. The Labute approximate surface area is 57.3 Å². The van der Waals surface area contributed by atoms with Gasteiger partial charge in [0.1, 0.15) is 0 Å². The molecule has 0 aromatic heterocycles. The predicted molar refractivity (Wildman–Crippen MR) is 36.9 cm³/mol. The highest BCUT2D eigenvalue weighted by molar-refractivity contribution is 8.15. The summed E-state index contributed by atoms with van der Waals surface area (Å²) >= 11 is 0.877. The third-order valence-corrected chi connectivity index (χ3v) is 1.32. The number of hydrogen-bond donors (Lipinski definition) is 1. The molecule has 0 bridgehead atoms. The maximum atomic E-state index is 10.5. The van der Waals surface area contributed by atoms with Crippen molar-refractivity contribution in [2.45, 2.75) is 6.92 Å². The van der Waals surface area contributed by atoms with E-state index >= 15 is 0 Å². The maximum Gasteiger partial charge on any atom is 0.240 e. The average molecular weight is 145 g/mol. The third-order valence-electron chi connectivity index (χ3n) is 0.742. The minimum Gasteiger partial charge on any atom is -0.293 e. The molecule has 3 nitrogen and oxygen atoms in total. The lowest BCUT2D eigenvalue weighted by molar-refractivity contribution is -0.112. The Morgan fingerprint density at radius 1 is 1.44 bits per heavy atom. The van der Waals surface area contributed by atoms with E-state index in [0.29, 0.717) is 0 Å². The summed E-state index contributed by atoms with van der Waals surface area (Å²) in [5.41, 5.74) is -0.428. The number of thioether (sulfide) groups is 1. The Bertz CT molecular complexity index is 164. The highest BCUT2D eigenvalue weighted by Gasteiger charge is 2.11. The van der Waals surface area contributed by atoms with Gasteiger partial charge in [-0.2, -0.15) is 0 Å². The zero-order valence-electron chi connectivity index (χ0n) is 5.22. The van der Waals surface area contributed by atoms with Gasteiger partial charge in [-0.15, -0.1) is 0 Å². The Morgan fingerprint density at radius 2 is 1.89 bits per heavy atom. The molecule has 0 atom stereocenters. The van der Waals surface area contributed by atoms with Crippen LogP contribution in [0.4, 0.5) is 0 Å². The summed E-state index contributed by atoms with van der Waals surface area (Å²) in [6.07, 6.45) is 1.54. The van der Waals surface area contributed by atoms with Crippen LogP contribution in [0.3, 0.4) is 0 Å². The lowest BCUT2D eigenvalue weighted by Gasteiger charge is -1.90. The van der Waals surface area contributed by atoms with E-state index in [4.69, 9.17) is 5.41 Å². The molecular weight excluding hydrogens is 138 g/mol. The van der Waals surface area contributed by atoms with Crippen molar-refractivity contribution in [3.8, 4) is 0 Å². The van der Waals surface area contributed by atoms with Crippen molar-refractivity contribution < 1.29 is 9.59 Å². The molecule has 4 heteroatoms. The van der Waals surface area contributed by atoms with E-state index < -0.39 is 16.6 Å². The minimum absolute atomic E-state index is 0.428. The fraction of sp³-hybridized carbons (Fsp3) is 0.400. The second-order valence-electron chi connectivity index (χ2n) is 1.42. The van der Waals surface area contributed by atoms with Crippen molar-refractivity contribution in [3.05, 3.63) is 0 Å². The van der Waals surface area contributed by atoms with E-state index in [0.717, 1.165) is 11.8 Å². The molecule has 0 aliphatic heterocycles. The Balaban J connectivity index is 4.05. The quantitative estimate of drug-likeness (QED) is 0.454. The number of Topliss-reactive ketones (excluding diaryl/α,β-unsaturated/α-hetero) is 1. The van der Waals surface area contributed by atoms with Gasteiger partial charge in [0.2, 0.25) is 5.12 Å². The van der Waals surface area contributed by atoms with Crippen molar-refractivity contribution in [2.24, 2.45) is 0 Å². The smallest absolute Gasteiger partial charge is 0.240 e. The molecule has 0 aliphatic rings. The van der Waals surface area contributed by atoms with Crippen LogP contribution in [-0.2, 0) is 9.59 Å². The molecule has 0 aromatic carbocycles. The van der Waals surface area contributed by atoms with Gasteiger partial charge in [0.15, 0.2) is 11.5 Å². The summed E-state index contributed by atoms with van der Waals surface area (Å²) in [6, 6.07) is 0. The van der Waals surface area contributed by atoms with Gasteiger partial charge in [-0.05, 0) is 6.26 Å². The van der Waals surface area contributed by atoms with Gasteiger partial charge in [-0.1, -0.05) is 11.8 Å². The summed E-state index contributed by atoms with van der Waals surface area (Å²) in [6.45, 7) is 1.20. The van der Waals surface area contributed by atoms with E-state index in [1.54, 1.807) is 6.26 Å². The van der Waals surface area contributed by atoms with Gasteiger partial charge in [-0.25, -0.2) is 0 Å². The third kappa shape index (κ3) is 2.41. The Kier molecular flexibility index (Phi) is 3.16. The van der Waals surface area contributed by atoms with Crippen LogP contribution in [-0.4, -0.2) is 22.9 Å². The van der Waals surface area contributed by atoms with E-state index in [-0.39, 0.29) is 0 Å². The van der Waals surface area contributed by atoms with Gasteiger partial charge in [-0.3, -0.25) is 15.0 Å². The zero-order valence-corrected chi connectivity index (χ0v) is 6.04. The van der Waals surface area contributed by atoms with Gasteiger partial charge in [0.25, 0.3) is 0 Å². The molecule has 0 fully saturated rings. The van der Waals surface area contributed by atoms with Gasteiger partial charge < -0.3 is 0 Å². The maximum absolute atomic E-state index is 10.5. The predicted octanol–water partition coefficient (Wildman–Crippen LogP) is 0.485. The first-order valence-electron chi connectivity index (χ1n) is 2.27. The molecule has 0 amide bonds. The molecule has 0 heterocycles. The number of ketones is 1. The lowest BCUT2D eigenvalue weighted by atomic mass is 10.3. The molecule has 0 spiro atoms. The molecule has 0 rings (SSSR count). The largest absolute Gasteiger partial charge is 0.293 e. The summed E-state index contributed by atoms with van der Waals surface area (Å²) in [7, 11) is 0. The van der Waals surface area contributed by atoms with E-state index in [1.807, 2.05) is 0 Å². The van der Waals surface area contributed by atoms with E-state index in [1.165, 1.54) is 6.92 Å². The first-order valence-corrected chi connectivity index (χ1v) is 3.50. The number of nitrogens with one attached hydrogen (secondary N) is 1. The summed E-state index contributed by atoms with van der Waals surface area (Å²) < 4.78 is 0. The van der Waals surface area contributed by atoms with Crippen molar-refractivity contribution in [1.29, 1.82) is 5.41 Å². The molecule has 0 unspecified atom stereocenters. The second-order valence-corrected chi connectivity index (χ2v) is 2.20. The highest BCUT2D eigenvalue weighted by Crippen LogP contribution is 1.95. The van der Waals surface area contributed by atoms with Gasteiger partial charge in [0, 0.05) is 6.92 Å². The monoisotopic (exact) mass is 145 g/mol. The van der Waals surface area contributed by atoms with Crippen LogP contribution in [0.15, 0.2) is 0 Å². The fourth-order valence-electron chi connectivity index (χ4n) is 0.246. The van der Waals surface area contributed by atoms with Crippen molar-refractivity contribution >= 4 is 28.4 Å². The standard InChI is InChI=1S/C5H7NO2S/c1-3(7)4(6)5(8)9-2/h6H,1-2H3. The SMILES string of the molecule is CSC(=O)C(=N)C(C)=O. The van der Waals surface area contributed by atoms with Crippen LogP contribution in [0.1, 0.15) is 6.92 Å². The van der Waals surface area contributed by atoms with Gasteiger partial charge in [0.05, 0.1) is 0 Å². The normalized spacial score (nSPS) is 8.67. The summed E-state index contributed by atoms with van der Waals surface area (Å²) in [5.74, 6) is -0.477. The lowest BCUT2D eigenvalue weighted by Crippen LogP contribution is -2.16. The minimum atomic E-state index is -0.477. The molecule has 9 heavy (non-hydrogen) atoms. The molecule has 0 saturated carbocycles. The van der Waals surface area contributed by atoms with Crippen LogP contribution in [0.2, 0.25) is 0 Å². The molecular formula is C5H7NO2S. The highest BCUT2D eigenvalue weighted by atomic mass is 32.2. The van der Waals surface area contributed by atoms with Crippen LogP contribution >= 0.6 is 11.8 Å². The Morgan fingerprint density at radius 3 is 2.00 bits per heavy atom. The van der Waals surface area contributed by atoms with Crippen molar-refractivity contribution in [3.63, 3.8) is 0 Å². The molecule has 0 aliphatic carbocycles. The van der Waals surface area contributed by atoms with Crippen LogP contribution in [0, 0.1) is 5.41 Å². The summed E-state index contributed by atoms with van der Waals surface area (Å²) in [5, 5.41) is 6.36. The van der Waals surface area contributed by atoms with E-state index in [2.05, 4.69) is 0 Å². The Hall–Kier alpha value is -0.640. The first kappa shape index (κ1) is 8.36. The van der Waals surface area contributed by atoms with Crippen LogP contribution in [0.5, 0.6) is 0 Å². The molecule has 0 saturated heterocycles. The van der Waals surface area contributed by atoms with Crippen molar-refractivity contribution in [2.75, 3.05) is 6.26 Å². The summed E-state index contributed by atoms with van der Waals surface area (Å²) in [4.78, 5) is 20.8. The number of carbonyl (C=O) groups is 2. The average Bonchev–Trinajstić information content (AvgIpc) is 1.84. The van der Waals surface area contributed by atoms with Crippen molar-refractivity contribution in [1.82, 2.24) is 0 Å². The number of carbonyl (C=O) groups excluding carboxylic acids is 2. The number of hydrogen-bond acceptors (Lipinski definition) is 4. The first-order chi connectivity index (χ1) is 4.09. The van der Waals surface area contributed by atoms with Gasteiger partial charge >= 0.3 is 0 Å². The van der Waals surface area contributed by atoms with Crippen LogP contribution in [0.25, 0.3) is 0 Å². The molecule has 0 radical (unpaired) electrons. The fourth-order valence-corrected chi connectivity index (χ4v) is 0.594. The van der Waals surface area contributed by atoms with E-state index in [9.17, 15) is 9.59 Å². The molecule has 1 N–H and O–H groups in total. The molecule has 50 valence electrons.